The molecule has 0 unspecified atom stereocenters. The number of hydrogen-bond donors (Lipinski definition) is 1. The molecule has 154 valence electrons. The summed E-state index contributed by atoms with van der Waals surface area (Å²) in [4.78, 5) is 12.9. The smallest absolute Gasteiger partial charge is 0.224 e. The maximum atomic E-state index is 12.9. The van der Waals surface area contributed by atoms with Gasteiger partial charge in [0, 0.05) is 5.56 Å². The van der Waals surface area contributed by atoms with Crippen molar-refractivity contribution in [3.05, 3.63) is 108 Å². The fourth-order valence-corrected chi connectivity index (χ4v) is 3.25. The van der Waals surface area contributed by atoms with Crippen LogP contribution in [0.1, 0.15) is 15.9 Å². The zero-order valence-corrected chi connectivity index (χ0v) is 17.1. The first-order valence-corrected chi connectivity index (χ1v) is 9.84. The van der Waals surface area contributed by atoms with Gasteiger partial charge >= 0.3 is 0 Å². The number of carbonyl (C=O) groups excluding carboxylic acids is 1. The highest BCUT2D eigenvalue weighted by Crippen LogP contribution is 2.19. The molecule has 4 aromatic rings. The standard InChI is InChI=1S/C25H22N4O2/c1-31-22-14-12-21(13-15-22)24(30)18-28-23(20-10-6-3-7-11-20)17-29(25(28)26)27-16-19-8-4-2-5-9-19/h2-17,26H,18H2,1H3/b26-25?,27-16-. The third-order valence-electron chi connectivity index (χ3n) is 4.92. The number of nitrogens with zero attached hydrogens (tertiary/aromatic N) is 3. The van der Waals surface area contributed by atoms with Crippen molar-refractivity contribution >= 4 is 12.0 Å². The van der Waals surface area contributed by atoms with E-state index < -0.39 is 0 Å². The van der Waals surface area contributed by atoms with E-state index in [4.69, 9.17) is 10.1 Å². The Hall–Kier alpha value is -4.19. The molecule has 0 saturated carbocycles. The van der Waals surface area contributed by atoms with Crippen LogP contribution in [0.3, 0.4) is 0 Å². The van der Waals surface area contributed by atoms with E-state index >= 15 is 0 Å². The molecule has 1 aromatic heterocycles. The minimum atomic E-state index is -0.0943. The number of hydrogen-bond acceptors (Lipinski definition) is 4. The van der Waals surface area contributed by atoms with Crippen LogP contribution >= 0.6 is 0 Å². The van der Waals surface area contributed by atoms with Crippen LogP contribution in [0.4, 0.5) is 0 Å². The number of methoxy groups -OCH3 is 1. The van der Waals surface area contributed by atoms with Crippen molar-refractivity contribution in [2.75, 3.05) is 7.11 Å². The van der Waals surface area contributed by atoms with E-state index in [1.165, 1.54) is 4.68 Å². The van der Waals surface area contributed by atoms with E-state index in [1.54, 1.807) is 48.4 Å². The summed E-state index contributed by atoms with van der Waals surface area (Å²) >= 11 is 0. The molecule has 0 aliphatic carbocycles. The molecule has 0 spiro atoms. The Kier molecular flexibility index (Phi) is 5.89. The minimum Gasteiger partial charge on any atom is -0.497 e. The molecule has 4 rings (SSSR count). The SMILES string of the molecule is COc1ccc(C(=O)Cn2c(-c3ccccc3)cn(/N=C\c3ccccc3)c2=N)cc1. The van der Waals surface area contributed by atoms with E-state index in [0.717, 1.165) is 16.8 Å². The monoisotopic (exact) mass is 410 g/mol. The van der Waals surface area contributed by atoms with Gasteiger partial charge in [0.25, 0.3) is 0 Å². The van der Waals surface area contributed by atoms with Gasteiger partial charge in [-0.05, 0) is 35.4 Å². The highest BCUT2D eigenvalue weighted by atomic mass is 16.5. The Balaban J connectivity index is 1.71. The summed E-state index contributed by atoms with van der Waals surface area (Å²) in [5.41, 5.74) is 3.27. The first-order chi connectivity index (χ1) is 15.2. The summed E-state index contributed by atoms with van der Waals surface area (Å²) in [6.45, 7) is 0.0310. The predicted octanol–water partition coefficient (Wildman–Crippen LogP) is 4.21. The summed E-state index contributed by atoms with van der Waals surface area (Å²) in [6.07, 6.45) is 3.47. The van der Waals surface area contributed by atoms with Crippen molar-refractivity contribution in [3.8, 4) is 17.0 Å². The summed E-state index contributed by atoms with van der Waals surface area (Å²) < 4.78 is 8.32. The Morgan fingerprint density at radius 1 is 0.968 bits per heavy atom. The number of nitrogens with one attached hydrogen (secondary N) is 1. The lowest BCUT2D eigenvalue weighted by atomic mass is 10.1. The van der Waals surface area contributed by atoms with Crippen LogP contribution < -0.4 is 10.4 Å². The Labute approximate surface area is 180 Å². The predicted molar refractivity (Wildman–Crippen MR) is 120 cm³/mol. The van der Waals surface area contributed by atoms with Gasteiger partial charge in [-0.3, -0.25) is 10.2 Å². The zero-order valence-electron chi connectivity index (χ0n) is 17.1. The number of ether oxygens (including phenoxy) is 1. The first-order valence-electron chi connectivity index (χ1n) is 9.84. The number of ketones is 1. The van der Waals surface area contributed by atoms with E-state index in [0.29, 0.717) is 11.3 Å². The van der Waals surface area contributed by atoms with Gasteiger partial charge in [0.1, 0.15) is 5.75 Å². The van der Waals surface area contributed by atoms with Crippen LogP contribution in [0, 0.1) is 5.41 Å². The molecule has 0 bridgehead atoms. The number of carbonyl (C=O) groups is 1. The van der Waals surface area contributed by atoms with Crippen LogP contribution in [0.15, 0.2) is 96.2 Å². The molecule has 0 fully saturated rings. The van der Waals surface area contributed by atoms with Gasteiger partial charge in [-0.1, -0.05) is 60.7 Å². The normalized spacial score (nSPS) is 11.0. The second-order valence-electron chi connectivity index (χ2n) is 6.94. The number of aromatic nitrogens is 2. The summed E-state index contributed by atoms with van der Waals surface area (Å²) in [6, 6.07) is 26.4. The quantitative estimate of drug-likeness (QED) is 0.366. The van der Waals surface area contributed by atoms with Crippen LogP contribution in [-0.2, 0) is 6.54 Å². The molecule has 6 heteroatoms. The summed E-state index contributed by atoms with van der Waals surface area (Å²) in [5.74, 6) is 0.597. The molecule has 0 aliphatic heterocycles. The molecular formula is C25H22N4O2. The molecule has 3 aromatic carbocycles. The molecule has 0 atom stereocenters. The number of rotatable bonds is 7. The van der Waals surface area contributed by atoms with Crippen LogP contribution in [0.25, 0.3) is 11.3 Å². The van der Waals surface area contributed by atoms with Gasteiger partial charge in [-0.2, -0.15) is 5.10 Å². The van der Waals surface area contributed by atoms with Crippen molar-refractivity contribution in [1.29, 1.82) is 5.41 Å². The van der Waals surface area contributed by atoms with Crippen LogP contribution in [-0.4, -0.2) is 28.4 Å². The highest BCUT2D eigenvalue weighted by molar-refractivity contribution is 5.96. The van der Waals surface area contributed by atoms with E-state index in [2.05, 4.69) is 5.10 Å². The van der Waals surface area contributed by atoms with Crippen molar-refractivity contribution in [2.45, 2.75) is 6.54 Å². The van der Waals surface area contributed by atoms with Crippen LogP contribution in [0.5, 0.6) is 5.75 Å². The average molecular weight is 410 g/mol. The number of benzene rings is 3. The Morgan fingerprint density at radius 3 is 2.26 bits per heavy atom. The van der Waals surface area contributed by atoms with Gasteiger partial charge in [-0.25, -0.2) is 4.68 Å². The fourth-order valence-electron chi connectivity index (χ4n) is 3.25. The lowest BCUT2D eigenvalue weighted by Gasteiger charge is -2.08. The number of Topliss-reactive ketones (excluding diaryl/α,β-unsaturated/α-hetero) is 1. The Bertz CT molecular complexity index is 1250. The molecule has 0 saturated heterocycles. The van der Waals surface area contributed by atoms with Crippen LogP contribution in [0.2, 0.25) is 0 Å². The topological polar surface area (TPSA) is 72.4 Å². The maximum absolute atomic E-state index is 12.9. The van der Waals surface area contributed by atoms with Gasteiger partial charge in [-0.15, -0.1) is 0 Å². The maximum Gasteiger partial charge on any atom is 0.224 e. The van der Waals surface area contributed by atoms with Gasteiger partial charge in [0.05, 0.1) is 31.8 Å². The lowest BCUT2D eigenvalue weighted by Crippen LogP contribution is -2.26. The third kappa shape index (κ3) is 4.53. The third-order valence-corrected chi connectivity index (χ3v) is 4.92. The van der Waals surface area contributed by atoms with Gasteiger partial charge < -0.3 is 9.30 Å². The van der Waals surface area contributed by atoms with E-state index in [-0.39, 0.29) is 17.9 Å². The molecule has 0 aliphatic rings. The summed E-state index contributed by atoms with van der Waals surface area (Å²) in [7, 11) is 1.59. The Morgan fingerprint density at radius 2 is 1.61 bits per heavy atom. The van der Waals surface area contributed by atoms with Crippen molar-refractivity contribution in [3.63, 3.8) is 0 Å². The largest absolute Gasteiger partial charge is 0.497 e. The molecule has 0 radical (unpaired) electrons. The molecule has 0 amide bonds. The minimum absolute atomic E-state index is 0.0310. The summed E-state index contributed by atoms with van der Waals surface area (Å²) in [5, 5.41) is 13.1. The molecule has 31 heavy (non-hydrogen) atoms. The van der Waals surface area contributed by atoms with Crippen molar-refractivity contribution in [2.24, 2.45) is 5.10 Å². The zero-order chi connectivity index (χ0) is 21.6. The second kappa shape index (κ2) is 9.09. The van der Waals surface area contributed by atoms with E-state index in [9.17, 15) is 4.79 Å². The van der Waals surface area contributed by atoms with Crippen molar-refractivity contribution < 1.29 is 9.53 Å². The average Bonchev–Trinajstić information content (AvgIpc) is 3.14. The van der Waals surface area contributed by atoms with Gasteiger partial charge in [0.2, 0.25) is 5.62 Å². The number of imidazole rings is 1. The van der Waals surface area contributed by atoms with Crippen molar-refractivity contribution in [1.82, 2.24) is 9.24 Å². The fraction of sp³-hybridized carbons (Fsp3) is 0.0800. The lowest BCUT2D eigenvalue weighted by molar-refractivity contribution is 0.0970. The first kappa shape index (κ1) is 20.1. The van der Waals surface area contributed by atoms with E-state index in [1.807, 2.05) is 60.7 Å². The molecule has 6 nitrogen and oxygen atoms in total. The highest BCUT2D eigenvalue weighted by Gasteiger charge is 2.15. The van der Waals surface area contributed by atoms with Gasteiger partial charge in [0.15, 0.2) is 5.78 Å². The molecule has 1 heterocycles. The second-order valence-corrected chi connectivity index (χ2v) is 6.94. The molecular weight excluding hydrogens is 388 g/mol. The molecule has 1 N–H and O–H groups in total.